The maximum absolute atomic E-state index is 12.0. The lowest BCUT2D eigenvalue weighted by Gasteiger charge is -2.29. The first-order valence-electron chi connectivity index (χ1n) is 6.61. The van der Waals surface area contributed by atoms with Crippen molar-refractivity contribution in [2.24, 2.45) is 5.92 Å². The van der Waals surface area contributed by atoms with Gasteiger partial charge in [0.1, 0.15) is 11.7 Å². The van der Waals surface area contributed by atoms with Crippen LogP contribution in [-0.2, 0) is 25.5 Å². The van der Waals surface area contributed by atoms with Crippen molar-refractivity contribution in [1.29, 1.82) is 0 Å². The second-order valence-corrected chi connectivity index (χ2v) is 4.63. The summed E-state index contributed by atoms with van der Waals surface area (Å²) in [5.41, 5.74) is 0. The lowest BCUT2D eigenvalue weighted by Crippen LogP contribution is -2.47. The number of rotatable bonds is 4. The van der Waals surface area contributed by atoms with Gasteiger partial charge in [0.2, 0.25) is 5.91 Å². The standard InChI is InChI=1S/C14H17NO5/c1-2-19-14(18)11-5-6-15(9-12(11)16)13(17)8-10-4-3-7-20-10/h3-4,7,11H,2,5-6,8-9H2,1H3. The molecule has 108 valence electrons. The van der Waals surface area contributed by atoms with Crippen molar-refractivity contribution in [1.82, 2.24) is 4.90 Å². The first-order valence-corrected chi connectivity index (χ1v) is 6.61. The molecule has 2 heterocycles. The Kier molecular flexibility index (Phi) is 4.55. The molecule has 1 aromatic rings. The Labute approximate surface area is 116 Å². The average molecular weight is 279 g/mol. The average Bonchev–Trinajstić information content (AvgIpc) is 2.91. The Balaban J connectivity index is 1.90. The second kappa shape index (κ2) is 6.36. The summed E-state index contributed by atoms with van der Waals surface area (Å²) in [6.45, 7) is 2.30. The molecule has 1 aliphatic heterocycles. The summed E-state index contributed by atoms with van der Waals surface area (Å²) in [6.07, 6.45) is 1.95. The molecular weight excluding hydrogens is 262 g/mol. The number of likely N-dealkylation sites (tertiary alicyclic amines) is 1. The summed E-state index contributed by atoms with van der Waals surface area (Å²) in [6, 6.07) is 3.42. The normalized spacial score (nSPS) is 18.9. The molecule has 1 aliphatic rings. The van der Waals surface area contributed by atoms with Crippen LogP contribution in [0.5, 0.6) is 0 Å². The lowest BCUT2D eigenvalue weighted by atomic mass is 9.95. The number of Topliss-reactive ketones (excluding diaryl/α,β-unsaturated/α-hetero) is 1. The first kappa shape index (κ1) is 14.3. The molecule has 0 aromatic carbocycles. The molecule has 0 bridgehead atoms. The second-order valence-electron chi connectivity index (χ2n) is 4.63. The molecule has 0 spiro atoms. The van der Waals surface area contributed by atoms with Crippen molar-refractivity contribution in [2.75, 3.05) is 19.7 Å². The molecule has 0 saturated carbocycles. The molecule has 6 heteroatoms. The summed E-state index contributed by atoms with van der Waals surface area (Å²) in [5, 5.41) is 0. The number of ketones is 1. The number of nitrogens with zero attached hydrogens (tertiary/aromatic N) is 1. The Morgan fingerprint density at radius 2 is 2.30 bits per heavy atom. The van der Waals surface area contributed by atoms with Gasteiger partial charge in [-0.1, -0.05) is 0 Å². The molecule has 6 nitrogen and oxygen atoms in total. The Hall–Kier alpha value is -2.11. The molecule has 1 saturated heterocycles. The fourth-order valence-corrected chi connectivity index (χ4v) is 2.20. The Bertz CT molecular complexity index is 494. The molecule has 20 heavy (non-hydrogen) atoms. The topological polar surface area (TPSA) is 76.8 Å². The highest BCUT2D eigenvalue weighted by Crippen LogP contribution is 2.17. The zero-order chi connectivity index (χ0) is 14.5. The van der Waals surface area contributed by atoms with E-state index in [1.807, 2.05) is 0 Å². The maximum atomic E-state index is 12.0. The van der Waals surface area contributed by atoms with E-state index >= 15 is 0 Å². The summed E-state index contributed by atoms with van der Waals surface area (Å²) >= 11 is 0. The van der Waals surface area contributed by atoms with Gasteiger partial charge in [-0.15, -0.1) is 0 Å². The minimum atomic E-state index is -0.734. The van der Waals surface area contributed by atoms with E-state index in [-0.39, 0.29) is 31.3 Å². The molecule has 1 aromatic heterocycles. The van der Waals surface area contributed by atoms with Gasteiger partial charge < -0.3 is 14.1 Å². The number of esters is 1. The fourth-order valence-electron chi connectivity index (χ4n) is 2.20. The molecule has 2 rings (SSSR count). The van der Waals surface area contributed by atoms with Crippen molar-refractivity contribution in [2.45, 2.75) is 19.8 Å². The number of hydrogen-bond acceptors (Lipinski definition) is 5. The van der Waals surface area contributed by atoms with Gasteiger partial charge in [0.05, 0.1) is 25.8 Å². The highest BCUT2D eigenvalue weighted by molar-refractivity contribution is 6.02. The number of furan rings is 1. The number of carbonyl (C=O) groups excluding carboxylic acids is 3. The van der Waals surface area contributed by atoms with Crippen LogP contribution in [0.4, 0.5) is 0 Å². The van der Waals surface area contributed by atoms with Crippen molar-refractivity contribution in [3.63, 3.8) is 0 Å². The van der Waals surface area contributed by atoms with Crippen LogP contribution in [0.3, 0.4) is 0 Å². The number of piperidine rings is 1. The zero-order valence-corrected chi connectivity index (χ0v) is 11.3. The number of ether oxygens (including phenoxy) is 1. The van der Waals surface area contributed by atoms with E-state index in [4.69, 9.17) is 9.15 Å². The van der Waals surface area contributed by atoms with Gasteiger partial charge in [0.25, 0.3) is 0 Å². The van der Waals surface area contributed by atoms with E-state index in [9.17, 15) is 14.4 Å². The smallest absolute Gasteiger partial charge is 0.316 e. The third kappa shape index (κ3) is 3.26. The molecule has 0 radical (unpaired) electrons. The van der Waals surface area contributed by atoms with Crippen LogP contribution in [0.15, 0.2) is 22.8 Å². The minimum Gasteiger partial charge on any atom is -0.469 e. The SMILES string of the molecule is CCOC(=O)C1CCN(C(=O)Cc2ccco2)CC1=O. The fraction of sp³-hybridized carbons (Fsp3) is 0.500. The third-order valence-electron chi connectivity index (χ3n) is 3.25. The zero-order valence-electron chi connectivity index (χ0n) is 11.3. The van der Waals surface area contributed by atoms with E-state index < -0.39 is 11.9 Å². The molecule has 1 amide bonds. The number of amides is 1. The van der Waals surface area contributed by atoms with E-state index in [1.54, 1.807) is 19.1 Å². The van der Waals surface area contributed by atoms with Crippen molar-refractivity contribution in [3.05, 3.63) is 24.2 Å². The van der Waals surface area contributed by atoms with Crippen LogP contribution >= 0.6 is 0 Å². The van der Waals surface area contributed by atoms with Crippen LogP contribution in [0.2, 0.25) is 0 Å². The molecule has 1 atom stereocenters. The van der Waals surface area contributed by atoms with E-state index in [1.165, 1.54) is 11.2 Å². The van der Waals surface area contributed by atoms with E-state index in [0.717, 1.165) is 0 Å². The number of hydrogen-bond donors (Lipinski definition) is 0. The highest BCUT2D eigenvalue weighted by atomic mass is 16.5. The largest absolute Gasteiger partial charge is 0.469 e. The maximum Gasteiger partial charge on any atom is 0.316 e. The van der Waals surface area contributed by atoms with Crippen molar-refractivity contribution < 1.29 is 23.5 Å². The van der Waals surface area contributed by atoms with Crippen LogP contribution in [0.25, 0.3) is 0 Å². The van der Waals surface area contributed by atoms with Gasteiger partial charge in [-0.25, -0.2) is 0 Å². The summed E-state index contributed by atoms with van der Waals surface area (Å²) < 4.78 is 9.96. The van der Waals surface area contributed by atoms with Crippen LogP contribution in [0.1, 0.15) is 19.1 Å². The van der Waals surface area contributed by atoms with Gasteiger partial charge in [-0.3, -0.25) is 14.4 Å². The summed E-state index contributed by atoms with van der Waals surface area (Å²) in [7, 11) is 0. The predicted molar refractivity (Wildman–Crippen MR) is 68.7 cm³/mol. The van der Waals surface area contributed by atoms with Crippen LogP contribution in [0, 0.1) is 5.92 Å². The van der Waals surface area contributed by atoms with E-state index in [0.29, 0.717) is 18.7 Å². The van der Waals surface area contributed by atoms with Crippen LogP contribution < -0.4 is 0 Å². The Morgan fingerprint density at radius 3 is 2.90 bits per heavy atom. The van der Waals surface area contributed by atoms with Gasteiger partial charge in [-0.2, -0.15) is 0 Å². The first-order chi connectivity index (χ1) is 9.61. The van der Waals surface area contributed by atoms with E-state index in [2.05, 4.69) is 0 Å². The molecule has 1 fully saturated rings. The minimum absolute atomic E-state index is 0.0387. The monoisotopic (exact) mass is 279 g/mol. The Morgan fingerprint density at radius 1 is 1.50 bits per heavy atom. The molecular formula is C14H17NO5. The van der Waals surface area contributed by atoms with Crippen molar-refractivity contribution >= 4 is 17.7 Å². The predicted octanol–water partition coefficient (Wildman–Crippen LogP) is 0.803. The van der Waals surface area contributed by atoms with Crippen molar-refractivity contribution in [3.8, 4) is 0 Å². The van der Waals surface area contributed by atoms with Gasteiger partial charge in [0.15, 0.2) is 5.78 Å². The van der Waals surface area contributed by atoms with Gasteiger partial charge in [0, 0.05) is 6.54 Å². The van der Waals surface area contributed by atoms with Crippen LogP contribution in [-0.4, -0.2) is 42.3 Å². The molecule has 0 N–H and O–H groups in total. The third-order valence-corrected chi connectivity index (χ3v) is 3.25. The lowest BCUT2D eigenvalue weighted by molar-refractivity contribution is -0.155. The quantitative estimate of drug-likeness (QED) is 0.602. The van der Waals surface area contributed by atoms with Gasteiger partial charge in [-0.05, 0) is 25.5 Å². The molecule has 1 unspecified atom stereocenters. The van der Waals surface area contributed by atoms with Gasteiger partial charge >= 0.3 is 5.97 Å². The summed E-state index contributed by atoms with van der Waals surface area (Å²) in [4.78, 5) is 37.0. The molecule has 0 aliphatic carbocycles. The highest BCUT2D eigenvalue weighted by Gasteiger charge is 2.35. The summed E-state index contributed by atoms with van der Waals surface area (Å²) in [5.74, 6) is -1.09. The number of carbonyl (C=O) groups is 3.